The first kappa shape index (κ1) is 18.2. The molecule has 7 nitrogen and oxygen atoms in total. The molecule has 0 spiro atoms. The van der Waals surface area contributed by atoms with Gasteiger partial charge in [-0.15, -0.1) is 0 Å². The van der Waals surface area contributed by atoms with Gasteiger partial charge in [-0.2, -0.15) is 0 Å². The van der Waals surface area contributed by atoms with Gasteiger partial charge in [-0.1, -0.05) is 25.3 Å². The van der Waals surface area contributed by atoms with Crippen molar-refractivity contribution in [3.8, 4) is 0 Å². The third-order valence-electron chi connectivity index (χ3n) is 5.11. The summed E-state index contributed by atoms with van der Waals surface area (Å²) in [6, 6.07) is 9.32. The van der Waals surface area contributed by atoms with E-state index in [-0.39, 0.29) is 29.4 Å². The Morgan fingerprint density at radius 1 is 1.04 bits per heavy atom. The van der Waals surface area contributed by atoms with Crippen LogP contribution in [0.4, 0.5) is 0 Å². The standard InChI is InChI=1S/C21H23N5O2/c27-20(23-14-15-9-11-22-12-10-15)18-17-8-4-5-13-26(17)19(25-18)21(28)24-16-6-2-1-3-7-16/h4-5,8-13,16H,1-3,6-7,14H2,(H,23,27)(H,24,28). The molecular formula is C21H23N5O2. The maximum atomic E-state index is 12.8. The highest BCUT2D eigenvalue weighted by Gasteiger charge is 2.23. The molecule has 0 radical (unpaired) electrons. The topological polar surface area (TPSA) is 88.4 Å². The molecule has 4 rings (SSSR count). The van der Waals surface area contributed by atoms with Gasteiger partial charge in [-0.25, -0.2) is 4.98 Å². The van der Waals surface area contributed by atoms with Crippen molar-refractivity contribution >= 4 is 17.3 Å². The molecule has 1 aliphatic rings. The first-order chi connectivity index (χ1) is 13.7. The number of carbonyl (C=O) groups excluding carboxylic acids is 2. The van der Waals surface area contributed by atoms with Crippen LogP contribution in [0, 0.1) is 0 Å². The van der Waals surface area contributed by atoms with Crippen molar-refractivity contribution in [3.05, 3.63) is 66.0 Å². The molecule has 0 unspecified atom stereocenters. The first-order valence-corrected chi connectivity index (χ1v) is 9.67. The van der Waals surface area contributed by atoms with Crippen LogP contribution < -0.4 is 10.6 Å². The number of hydrogen-bond acceptors (Lipinski definition) is 4. The second-order valence-corrected chi connectivity index (χ2v) is 7.09. The maximum Gasteiger partial charge on any atom is 0.287 e. The van der Waals surface area contributed by atoms with Gasteiger partial charge >= 0.3 is 0 Å². The van der Waals surface area contributed by atoms with Crippen LogP contribution >= 0.6 is 0 Å². The molecule has 1 fully saturated rings. The smallest absolute Gasteiger partial charge is 0.287 e. The Morgan fingerprint density at radius 3 is 2.61 bits per heavy atom. The van der Waals surface area contributed by atoms with E-state index in [0.717, 1.165) is 31.2 Å². The highest BCUT2D eigenvalue weighted by atomic mass is 16.2. The van der Waals surface area contributed by atoms with Crippen molar-refractivity contribution < 1.29 is 9.59 Å². The zero-order valence-electron chi connectivity index (χ0n) is 15.6. The quantitative estimate of drug-likeness (QED) is 0.716. The highest BCUT2D eigenvalue weighted by Crippen LogP contribution is 2.19. The molecule has 144 valence electrons. The Kier molecular flexibility index (Phi) is 5.32. The zero-order chi connectivity index (χ0) is 19.3. The van der Waals surface area contributed by atoms with Gasteiger partial charge in [0, 0.05) is 31.2 Å². The van der Waals surface area contributed by atoms with E-state index in [2.05, 4.69) is 20.6 Å². The van der Waals surface area contributed by atoms with E-state index < -0.39 is 0 Å². The van der Waals surface area contributed by atoms with E-state index in [1.165, 1.54) is 6.42 Å². The molecule has 0 aromatic carbocycles. The number of pyridine rings is 2. The summed E-state index contributed by atoms with van der Waals surface area (Å²) in [5, 5.41) is 5.94. The molecular weight excluding hydrogens is 354 g/mol. The predicted octanol–water partition coefficient (Wildman–Crippen LogP) is 2.72. The molecule has 2 N–H and O–H groups in total. The number of hydrogen-bond donors (Lipinski definition) is 2. The summed E-state index contributed by atoms with van der Waals surface area (Å²) in [5.74, 6) is -0.297. The molecule has 2 amide bonds. The van der Waals surface area contributed by atoms with E-state index in [4.69, 9.17) is 0 Å². The number of nitrogens with one attached hydrogen (secondary N) is 2. The number of fused-ring (bicyclic) bond motifs is 1. The number of rotatable bonds is 5. The van der Waals surface area contributed by atoms with Gasteiger partial charge < -0.3 is 10.6 Å². The average Bonchev–Trinajstić information content (AvgIpc) is 3.13. The molecule has 3 aromatic heterocycles. The Hall–Kier alpha value is -3.22. The van der Waals surface area contributed by atoms with Crippen LogP contribution in [0.25, 0.3) is 5.52 Å². The minimum absolute atomic E-state index is 0.182. The molecule has 7 heteroatoms. The highest BCUT2D eigenvalue weighted by molar-refractivity contribution is 6.02. The Morgan fingerprint density at radius 2 is 1.82 bits per heavy atom. The van der Waals surface area contributed by atoms with Crippen molar-refractivity contribution in [2.75, 3.05) is 0 Å². The lowest BCUT2D eigenvalue weighted by Crippen LogP contribution is -2.37. The normalized spacial score (nSPS) is 14.7. The first-order valence-electron chi connectivity index (χ1n) is 9.67. The fourth-order valence-electron chi connectivity index (χ4n) is 3.63. The lowest BCUT2D eigenvalue weighted by atomic mass is 9.95. The van der Waals surface area contributed by atoms with Crippen LogP contribution in [0.15, 0.2) is 48.9 Å². The van der Waals surface area contributed by atoms with Crippen LogP contribution in [-0.2, 0) is 6.54 Å². The van der Waals surface area contributed by atoms with Crippen molar-refractivity contribution in [1.29, 1.82) is 0 Å². The number of imidazole rings is 1. The third-order valence-corrected chi connectivity index (χ3v) is 5.11. The van der Waals surface area contributed by atoms with Gasteiger partial charge in [-0.05, 0) is 42.7 Å². The molecule has 0 aliphatic heterocycles. The van der Waals surface area contributed by atoms with Crippen molar-refractivity contribution in [3.63, 3.8) is 0 Å². The van der Waals surface area contributed by atoms with Gasteiger partial charge in [0.05, 0.1) is 5.52 Å². The Labute approximate surface area is 163 Å². The minimum atomic E-state index is -0.308. The second-order valence-electron chi connectivity index (χ2n) is 7.09. The number of carbonyl (C=O) groups is 2. The minimum Gasteiger partial charge on any atom is -0.347 e. The van der Waals surface area contributed by atoms with E-state index >= 15 is 0 Å². The summed E-state index contributed by atoms with van der Waals surface area (Å²) in [4.78, 5) is 33.9. The summed E-state index contributed by atoms with van der Waals surface area (Å²) < 4.78 is 1.68. The maximum absolute atomic E-state index is 12.8. The number of nitrogens with zero attached hydrogens (tertiary/aromatic N) is 3. The van der Waals surface area contributed by atoms with Gasteiger partial charge in [0.2, 0.25) is 5.82 Å². The lowest BCUT2D eigenvalue weighted by molar-refractivity contribution is 0.0916. The van der Waals surface area contributed by atoms with Crippen LogP contribution in [0.1, 0.15) is 58.8 Å². The van der Waals surface area contributed by atoms with Gasteiger partial charge in [0.1, 0.15) is 0 Å². The molecule has 28 heavy (non-hydrogen) atoms. The summed E-state index contributed by atoms with van der Waals surface area (Å²) in [6.07, 6.45) is 10.6. The van der Waals surface area contributed by atoms with Crippen LogP contribution in [0.3, 0.4) is 0 Å². The lowest BCUT2D eigenvalue weighted by Gasteiger charge is -2.22. The van der Waals surface area contributed by atoms with E-state index in [0.29, 0.717) is 12.1 Å². The van der Waals surface area contributed by atoms with Crippen LogP contribution in [-0.4, -0.2) is 32.2 Å². The van der Waals surface area contributed by atoms with E-state index in [9.17, 15) is 9.59 Å². The predicted molar refractivity (Wildman–Crippen MR) is 105 cm³/mol. The van der Waals surface area contributed by atoms with Crippen LogP contribution in [0.2, 0.25) is 0 Å². The van der Waals surface area contributed by atoms with E-state index in [1.807, 2.05) is 24.3 Å². The monoisotopic (exact) mass is 377 g/mol. The van der Waals surface area contributed by atoms with Crippen molar-refractivity contribution in [2.45, 2.75) is 44.7 Å². The number of amides is 2. The summed E-state index contributed by atoms with van der Waals surface area (Å²) in [5.41, 5.74) is 1.81. The van der Waals surface area contributed by atoms with Gasteiger partial charge in [0.25, 0.3) is 11.8 Å². The molecule has 0 atom stereocenters. The fraction of sp³-hybridized carbons (Fsp3) is 0.333. The second kappa shape index (κ2) is 8.21. The fourth-order valence-corrected chi connectivity index (χ4v) is 3.63. The average molecular weight is 377 g/mol. The van der Waals surface area contributed by atoms with Gasteiger partial charge in [-0.3, -0.25) is 19.0 Å². The third kappa shape index (κ3) is 3.88. The molecule has 1 saturated carbocycles. The zero-order valence-corrected chi connectivity index (χ0v) is 15.6. The summed E-state index contributed by atoms with van der Waals surface area (Å²) >= 11 is 0. The van der Waals surface area contributed by atoms with Crippen LogP contribution in [0.5, 0.6) is 0 Å². The summed E-state index contributed by atoms with van der Waals surface area (Å²) in [6.45, 7) is 0.372. The Balaban J connectivity index is 1.55. The number of aromatic nitrogens is 3. The molecule has 0 saturated heterocycles. The van der Waals surface area contributed by atoms with Crippen molar-refractivity contribution in [2.24, 2.45) is 0 Å². The molecule has 3 heterocycles. The van der Waals surface area contributed by atoms with E-state index in [1.54, 1.807) is 29.1 Å². The molecule has 1 aliphatic carbocycles. The van der Waals surface area contributed by atoms with Gasteiger partial charge in [0.15, 0.2) is 5.69 Å². The SMILES string of the molecule is O=C(NCc1ccncc1)c1nc(C(=O)NC2CCCCC2)n2ccccc12. The van der Waals surface area contributed by atoms with Crippen molar-refractivity contribution in [1.82, 2.24) is 25.0 Å². The summed E-state index contributed by atoms with van der Waals surface area (Å²) in [7, 11) is 0. The Bertz CT molecular complexity index is 977. The molecule has 0 bridgehead atoms. The molecule has 3 aromatic rings. The largest absolute Gasteiger partial charge is 0.347 e.